The van der Waals surface area contributed by atoms with Gasteiger partial charge in [0.05, 0.1) is 0 Å². The van der Waals surface area contributed by atoms with Crippen molar-refractivity contribution in [2.45, 2.75) is 83.2 Å². The van der Waals surface area contributed by atoms with Crippen LogP contribution in [0, 0.1) is 17.8 Å². The summed E-state index contributed by atoms with van der Waals surface area (Å²) in [5.74, 6) is 3.05. The van der Waals surface area contributed by atoms with Gasteiger partial charge in [-0.05, 0) is 84.6 Å². The van der Waals surface area contributed by atoms with Gasteiger partial charge >= 0.3 is 12.5 Å². The molecule has 0 heterocycles. The smallest absolute Gasteiger partial charge is 0.428 e. The van der Waals surface area contributed by atoms with Crippen LogP contribution < -0.4 is 4.74 Å². The molecule has 33 heavy (non-hydrogen) atoms. The van der Waals surface area contributed by atoms with E-state index in [4.69, 9.17) is 0 Å². The normalized spacial score (nSPS) is 25.6. The van der Waals surface area contributed by atoms with E-state index in [2.05, 4.69) is 35.9 Å². The first-order valence-corrected chi connectivity index (χ1v) is 12.4. The second kappa shape index (κ2) is 10.5. The van der Waals surface area contributed by atoms with E-state index in [1.807, 2.05) is 0 Å². The van der Waals surface area contributed by atoms with Crippen LogP contribution in [0.5, 0.6) is 5.75 Å². The number of hydrogen-bond acceptors (Lipinski definition) is 1. The van der Waals surface area contributed by atoms with Crippen molar-refractivity contribution in [3.05, 3.63) is 54.1 Å². The van der Waals surface area contributed by atoms with E-state index >= 15 is 0 Å². The zero-order chi connectivity index (χ0) is 23.4. The summed E-state index contributed by atoms with van der Waals surface area (Å²) < 4.78 is 54.9. The Labute approximate surface area is 194 Å². The quantitative estimate of drug-likeness (QED) is 0.356. The summed E-state index contributed by atoms with van der Waals surface area (Å²) in [6.07, 6.45) is 3.82. The van der Waals surface area contributed by atoms with Crippen LogP contribution in [0.15, 0.2) is 48.5 Å². The zero-order valence-corrected chi connectivity index (χ0v) is 19.3. The molecule has 2 fully saturated rings. The third kappa shape index (κ3) is 5.91. The minimum atomic E-state index is -4.49. The molecule has 5 heteroatoms. The van der Waals surface area contributed by atoms with Gasteiger partial charge in [-0.25, -0.2) is 0 Å². The number of alkyl halides is 4. The summed E-state index contributed by atoms with van der Waals surface area (Å²) in [6.45, 7) is 2.28. The number of ether oxygens (including phenoxy) is 1. The van der Waals surface area contributed by atoms with Crippen LogP contribution in [-0.4, -0.2) is 12.5 Å². The molecule has 1 nitrogen and oxygen atoms in total. The van der Waals surface area contributed by atoms with E-state index in [0.29, 0.717) is 5.92 Å². The van der Waals surface area contributed by atoms with Gasteiger partial charge in [-0.2, -0.15) is 17.6 Å². The number of fused-ring (bicyclic) bond motifs is 1. The lowest BCUT2D eigenvalue weighted by atomic mass is 9.63. The maximum Gasteiger partial charge on any atom is 0.461 e. The molecule has 0 spiro atoms. The highest BCUT2D eigenvalue weighted by molar-refractivity contribution is 5.64. The molecule has 2 aliphatic carbocycles. The summed E-state index contributed by atoms with van der Waals surface area (Å²) in [5, 5.41) is 0. The van der Waals surface area contributed by atoms with Crippen LogP contribution in [-0.2, 0) is 0 Å². The fourth-order valence-electron chi connectivity index (χ4n) is 5.91. The molecule has 0 radical (unpaired) electrons. The molecule has 0 aromatic heterocycles. The van der Waals surface area contributed by atoms with Gasteiger partial charge in [-0.3, -0.25) is 0 Å². The van der Waals surface area contributed by atoms with E-state index < -0.39 is 12.5 Å². The highest BCUT2D eigenvalue weighted by Gasteiger charge is 2.44. The SMILES string of the molecule is CCCCC1CC[C@@H]2C[C@H](c3ccc(-c4ccc(OC(F)(F)C(F)F)cc4)cc3)CC[C@@H]2C1. The van der Waals surface area contributed by atoms with Crippen LogP contribution >= 0.6 is 0 Å². The Balaban J connectivity index is 1.34. The minimum absolute atomic E-state index is 0.276. The second-order valence-corrected chi connectivity index (χ2v) is 9.96. The lowest BCUT2D eigenvalue weighted by Crippen LogP contribution is -2.33. The van der Waals surface area contributed by atoms with Crippen molar-refractivity contribution in [1.82, 2.24) is 0 Å². The van der Waals surface area contributed by atoms with E-state index in [0.717, 1.165) is 28.9 Å². The topological polar surface area (TPSA) is 9.23 Å². The molecule has 0 saturated heterocycles. The number of rotatable bonds is 8. The maximum atomic E-state index is 13.1. The Morgan fingerprint density at radius 2 is 1.45 bits per heavy atom. The molecule has 0 N–H and O–H groups in total. The highest BCUT2D eigenvalue weighted by Crippen LogP contribution is 2.48. The van der Waals surface area contributed by atoms with Crippen molar-refractivity contribution in [3.8, 4) is 16.9 Å². The standard InChI is InChI=1S/C28H34F4O/c1-2-3-4-19-5-6-25-18-24(12-11-23(25)17-19)22-9-7-20(8-10-22)21-13-15-26(16-14-21)33-28(31,32)27(29)30/h7-10,13-16,19,23-25,27H,2-6,11-12,17-18H2,1H3/t19?,23-,24-,25-/m1/s1. The Morgan fingerprint density at radius 1 is 0.848 bits per heavy atom. The molecule has 2 aliphatic rings. The predicted molar refractivity (Wildman–Crippen MR) is 124 cm³/mol. The maximum absolute atomic E-state index is 13.1. The molecule has 0 bridgehead atoms. The molecule has 4 rings (SSSR count). The second-order valence-electron chi connectivity index (χ2n) is 9.96. The summed E-state index contributed by atoms with van der Waals surface area (Å²) in [6, 6.07) is 14.3. The Hall–Kier alpha value is -2.04. The van der Waals surface area contributed by atoms with Gasteiger partial charge in [0, 0.05) is 0 Å². The van der Waals surface area contributed by atoms with E-state index in [1.54, 1.807) is 12.1 Å². The lowest BCUT2D eigenvalue weighted by Gasteiger charge is -2.42. The summed E-state index contributed by atoms with van der Waals surface area (Å²) >= 11 is 0. The van der Waals surface area contributed by atoms with Gasteiger partial charge in [0.1, 0.15) is 5.75 Å². The van der Waals surface area contributed by atoms with E-state index in [-0.39, 0.29) is 5.75 Å². The van der Waals surface area contributed by atoms with Gasteiger partial charge in [-0.1, -0.05) is 69.0 Å². The zero-order valence-electron chi connectivity index (χ0n) is 19.3. The molecule has 2 aromatic rings. The molecular weight excluding hydrogens is 428 g/mol. The van der Waals surface area contributed by atoms with Gasteiger partial charge in [0.2, 0.25) is 0 Å². The average molecular weight is 463 g/mol. The fourth-order valence-corrected chi connectivity index (χ4v) is 5.91. The summed E-state index contributed by atoms with van der Waals surface area (Å²) in [4.78, 5) is 0. The number of benzene rings is 2. The van der Waals surface area contributed by atoms with Crippen LogP contribution in [0.1, 0.15) is 76.2 Å². The third-order valence-corrected chi connectivity index (χ3v) is 7.77. The van der Waals surface area contributed by atoms with Crippen LogP contribution in [0.4, 0.5) is 17.6 Å². The van der Waals surface area contributed by atoms with Crippen molar-refractivity contribution in [2.75, 3.05) is 0 Å². The van der Waals surface area contributed by atoms with Gasteiger partial charge < -0.3 is 4.74 Å². The first kappa shape index (κ1) is 24.1. The first-order chi connectivity index (χ1) is 15.9. The Kier molecular flexibility index (Phi) is 7.65. The van der Waals surface area contributed by atoms with Crippen LogP contribution in [0.25, 0.3) is 11.1 Å². The largest absolute Gasteiger partial charge is 0.461 e. The fraction of sp³-hybridized carbons (Fsp3) is 0.571. The number of halogens is 4. The Bertz CT molecular complexity index is 878. The molecule has 180 valence electrons. The molecule has 2 saturated carbocycles. The minimum Gasteiger partial charge on any atom is -0.428 e. The van der Waals surface area contributed by atoms with Crippen molar-refractivity contribution in [3.63, 3.8) is 0 Å². The van der Waals surface area contributed by atoms with Crippen molar-refractivity contribution in [2.24, 2.45) is 17.8 Å². The van der Waals surface area contributed by atoms with E-state index in [9.17, 15) is 17.6 Å². The third-order valence-electron chi connectivity index (χ3n) is 7.77. The summed E-state index contributed by atoms with van der Waals surface area (Å²) in [7, 11) is 0. The van der Waals surface area contributed by atoms with Gasteiger partial charge in [0.25, 0.3) is 0 Å². The van der Waals surface area contributed by atoms with Crippen molar-refractivity contribution in [1.29, 1.82) is 0 Å². The highest BCUT2D eigenvalue weighted by atomic mass is 19.3. The van der Waals surface area contributed by atoms with Crippen molar-refractivity contribution < 1.29 is 22.3 Å². The monoisotopic (exact) mass is 462 g/mol. The lowest BCUT2D eigenvalue weighted by molar-refractivity contribution is -0.253. The average Bonchev–Trinajstić information content (AvgIpc) is 2.82. The first-order valence-electron chi connectivity index (χ1n) is 12.4. The Morgan fingerprint density at radius 3 is 2.09 bits per heavy atom. The molecule has 1 unspecified atom stereocenters. The molecule has 2 aromatic carbocycles. The number of hydrogen-bond donors (Lipinski definition) is 0. The van der Waals surface area contributed by atoms with E-state index in [1.165, 1.54) is 75.5 Å². The number of unbranched alkanes of at least 4 members (excludes halogenated alkanes) is 1. The predicted octanol–water partition coefficient (Wildman–Crippen LogP) is 9.08. The van der Waals surface area contributed by atoms with Gasteiger partial charge in [0.15, 0.2) is 0 Å². The molecular formula is C28H34F4O. The van der Waals surface area contributed by atoms with Crippen molar-refractivity contribution >= 4 is 0 Å². The van der Waals surface area contributed by atoms with Crippen LogP contribution in [0.2, 0.25) is 0 Å². The molecule has 4 atom stereocenters. The molecule has 0 aliphatic heterocycles. The molecule has 0 amide bonds. The van der Waals surface area contributed by atoms with Gasteiger partial charge in [-0.15, -0.1) is 0 Å². The van der Waals surface area contributed by atoms with Crippen LogP contribution in [0.3, 0.4) is 0 Å². The summed E-state index contributed by atoms with van der Waals surface area (Å²) in [5.41, 5.74) is 3.18.